The lowest BCUT2D eigenvalue weighted by molar-refractivity contribution is -0.154. The van der Waals surface area contributed by atoms with Crippen LogP contribution in [-0.4, -0.2) is 24.4 Å². The van der Waals surface area contributed by atoms with Crippen molar-refractivity contribution < 1.29 is 23.5 Å². The number of rotatable bonds is 7. The zero-order valence-electron chi connectivity index (χ0n) is 15.6. The first-order chi connectivity index (χ1) is 13.0. The number of hydrazine groups is 1. The standard InChI is InChI=1S/C20H27FN2O4/c1-2-3-6-14-9-11-15(12-10-14)20(26)27-13-18(24)22-23-19(25)16-7-4-5-8-17(16)21/h4-5,7-8,14-15H,2-3,6,9-13H2,1H3,(H,22,24)(H,23,25). The fraction of sp³-hybridized carbons (Fsp3) is 0.550. The first-order valence-electron chi connectivity index (χ1n) is 9.51. The number of benzene rings is 1. The molecule has 2 amide bonds. The second-order valence-corrected chi connectivity index (χ2v) is 6.95. The van der Waals surface area contributed by atoms with Crippen LogP contribution in [0.25, 0.3) is 0 Å². The summed E-state index contributed by atoms with van der Waals surface area (Å²) in [4.78, 5) is 35.6. The molecule has 7 heteroatoms. The maximum absolute atomic E-state index is 13.5. The van der Waals surface area contributed by atoms with Crippen molar-refractivity contribution in [1.82, 2.24) is 10.9 Å². The number of esters is 1. The van der Waals surface area contributed by atoms with Crippen molar-refractivity contribution in [3.63, 3.8) is 0 Å². The lowest BCUT2D eigenvalue weighted by Crippen LogP contribution is -2.44. The summed E-state index contributed by atoms with van der Waals surface area (Å²) in [5, 5.41) is 0. The van der Waals surface area contributed by atoms with Gasteiger partial charge in [0, 0.05) is 0 Å². The van der Waals surface area contributed by atoms with Crippen molar-refractivity contribution in [2.75, 3.05) is 6.61 Å². The van der Waals surface area contributed by atoms with E-state index in [0.717, 1.165) is 31.7 Å². The smallest absolute Gasteiger partial charge is 0.309 e. The van der Waals surface area contributed by atoms with Crippen molar-refractivity contribution in [2.45, 2.75) is 51.9 Å². The van der Waals surface area contributed by atoms with Crippen LogP contribution in [-0.2, 0) is 14.3 Å². The Bertz CT molecular complexity index is 657. The van der Waals surface area contributed by atoms with Crippen LogP contribution >= 0.6 is 0 Å². The van der Waals surface area contributed by atoms with Gasteiger partial charge in [0.1, 0.15) is 5.82 Å². The van der Waals surface area contributed by atoms with E-state index in [2.05, 4.69) is 17.8 Å². The quantitative estimate of drug-likeness (QED) is 0.564. The largest absolute Gasteiger partial charge is 0.455 e. The van der Waals surface area contributed by atoms with Gasteiger partial charge in [-0.05, 0) is 43.7 Å². The Morgan fingerprint density at radius 1 is 1.11 bits per heavy atom. The lowest BCUT2D eigenvalue weighted by atomic mass is 9.80. The number of halogens is 1. The molecule has 1 aromatic carbocycles. The van der Waals surface area contributed by atoms with Crippen molar-refractivity contribution in [1.29, 1.82) is 0 Å². The second kappa shape index (κ2) is 10.6. The molecular formula is C20H27FN2O4. The molecule has 1 aromatic rings. The molecule has 0 spiro atoms. The van der Waals surface area contributed by atoms with Crippen LogP contribution in [0.4, 0.5) is 4.39 Å². The number of hydrogen-bond donors (Lipinski definition) is 2. The van der Waals surface area contributed by atoms with Gasteiger partial charge in [-0.25, -0.2) is 4.39 Å². The van der Waals surface area contributed by atoms with Crippen molar-refractivity contribution in [3.8, 4) is 0 Å². The second-order valence-electron chi connectivity index (χ2n) is 6.95. The van der Waals surface area contributed by atoms with Gasteiger partial charge in [-0.3, -0.25) is 25.2 Å². The van der Waals surface area contributed by atoms with Crippen LogP contribution < -0.4 is 10.9 Å². The molecule has 0 atom stereocenters. The molecule has 0 unspecified atom stereocenters. The summed E-state index contributed by atoms with van der Waals surface area (Å²) >= 11 is 0. The third-order valence-electron chi connectivity index (χ3n) is 4.93. The van der Waals surface area contributed by atoms with Crippen LogP contribution in [0.5, 0.6) is 0 Å². The summed E-state index contributed by atoms with van der Waals surface area (Å²) in [5.74, 6) is -2.00. The van der Waals surface area contributed by atoms with E-state index in [-0.39, 0.29) is 17.5 Å². The van der Waals surface area contributed by atoms with Crippen molar-refractivity contribution in [2.24, 2.45) is 11.8 Å². The summed E-state index contributed by atoms with van der Waals surface area (Å²) in [5.41, 5.74) is 4.03. The molecule has 1 aliphatic carbocycles. The average Bonchev–Trinajstić information content (AvgIpc) is 2.69. The van der Waals surface area contributed by atoms with E-state index in [0.29, 0.717) is 5.92 Å². The molecule has 1 saturated carbocycles. The first kappa shape index (κ1) is 20.9. The monoisotopic (exact) mass is 378 g/mol. The maximum Gasteiger partial charge on any atom is 0.309 e. The third-order valence-corrected chi connectivity index (χ3v) is 4.93. The number of ether oxygens (including phenoxy) is 1. The van der Waals surface area contributed by atoms with Crippen molar-refractivity contribution in [3.05, 3.63) is 35.6 Å². The highest BCUT2D eigenvalue weighted by Gasteiger charge is 2.27. The summed E-state index contributed by atoms with van der Waals surface area (Å²) in [6.45, 7) is 1.69. The molecule has 1 fully saturated rings. The number of nitrogens with one attached hydrogen (secondary N) is 2. The van der Waals surface area contributed by atoms with Gasteiger partial charge in [0.05, 0.1) is 11.5 Å². The van der Waals surface area contributed by atoms with E-state index in [4.69, 9.17) is 4.74 Å². The Kier molecular flexibility index (Phi) is 8.23. The van der Waals surface area contributed by atoms with Gasteiger partial charge in [0.15, 0.2) is 6.61 Å². The van der Waals surface area contributed by atoms with Gasteiger partial charge < -0.3 is 4.74 Å². The molecule has 148 valence electrons. The number of hydrogen-bond acceptors (Lipinski definition) is 4. The Morgan fingerprint density at radius 2 is 1.81 bits per heavy atom. The molecule has 1 aliphatic rings. The topological polar surface area (TPSA) is 84.5 Å². The van der Waals surface area contributed by atoms with Gasteiger partial charge in [-0.15, -0.1) is 0 Å². The Morgan fingerprint density at radius 3 is 2.48 bits per heavy atom. The van der Waals surface area contributed by atoms with Gasteiger partial charge >= 0.3 is 5.97 Å². The number of unbranched alkanes of at least 4 members (excludes halogenated alkanes) is 1. The third kappa shape index (κ3) is 6.66. The molecule has 0 aliphatic heterocycles. The van der Waals surface area contributed by atoms with Crippen LogP contribution in [0.15, 0.2) is 24.3 Å². The molecule has 6 nitrogen and oxygen atoms in total. The molecule has 2 N–H and O–H groups in total. The number of carbonyl (C=O) groups is 3. The molecule has 27 heavy (non-hydrogen) atoms. The van der Waals surface area contributed by atoms with Gasteiger partial charge in [0.25, 0.3) is 11.8 Å². The molecule has 0 bridgehead atoms. The Labute approximate surface area is 158 Å². The van der Waals surface area contributed by atoms with E-state index in [1.54, 1.807) is 0 Å². The zero-order valence-corrected chi connectivity index (χ0v) is 15.6. The summed E-state index contributed by atoms with van der Waals surface area (Å²) in [7, 11) is 0. The summed E-state index contributed by atoms with van der Waals surface area (Å²) in [6.07, 6.45) is 7.23. The van der Waals surface area contributed by atoms with Crippen LogP contribution in [0.1, 0.15) is 62.2 Å². The SMILES string of the molecule is CCCCC1CCC(C(=O)OCC(=O)NNC(=O)c2ccccc2F)CC1. The average molecular weight is 378 g/mol. The zero-order chi connectivity index (χ0) is 19.6. The predicted octanol–water partition coefficient (Wildman–Crippen LogP) is 3.13. The van der Waals surface area contributed by atoms with E-state index in [9.17, 15) is 18.8 Å². The van der Waals surface area contributed by atoms with Crippen LogP contribution in [0.3, 0.4) is 0 Å². The van der Waals surface area contributed by atoms with Crippen LogP contribution in [0.2, 0.25) is 0 Å². The fourth-order valence-electron chi connectivity index (χ4n) is 3.31. The van der Waals surface area contributed by atoms with Gasteiger partial charge in [-0.2, -0.15) is 0 Å². The molecule has 0 radical (unpaired) electrons. The highest BCUT2D eigenvalue weighted by Crippen LogP contribution is 2.32. The maximum atomic E-state index is 13.5. The fourth-order valence-corrected chi connectivity index (χ4v) is 3.31. The van der Waals surface area contributed by atoms with Crippen LogP contribution in [0, 0.1) is 17.7 Å². The number of amides is 2. The normalized spacial score (nSPS) is 19.2. The van der Waals surface area contributed by atoms with Crippen molar-refractivity contribution >= 4 is 17.8 Å². The summed E-state index contributed by atoms with van der Waals surface area (Å²) < 4.78 is 18.5. The molecular weight excluding hydrogens is 351 g/mol. The van der Waals surface area contributed by atoms with E-state index in [1.807, 2.05) is 0 Å². The Balaban J connectivity index is 1.66. The number of carbonyl (C=O) groups excluding carboxylic acids is 3. The van der Waals surface area contributed by atoms with Gasteiger partial charge in [0.2, 0.25) is 0 Å². The lowest BCUT2D eigenvalue weighted by Gasteiger charge is -2.27. The van der Waals surface area contributed by atoms with E-state index in [1.165, 1.54) is 37.5 Å². The van der Waals surface area contributed by atoms with Gasteiger partial charge in [-0.1, -0.05) is 38.3 Å². The highest BCUT2D eigenvalue weighted by atomic mass is 19.1. The Hall–Kier alpha value is -2.44. The highest BCUT2D eigenvalue weighted by molar-refractivity contribution is 5.95. The molecule has 0 heterocycles. The predicted molar refractivity (Wildman–Crippen MR) is 97.9 cm³/mol. The minimum absolute atomic E-state index is 0.163. The minimum Gasteiger partial charge on any atom is -0.455 e. The molecule has 0 saturated heterocycles. The first-order valence-corrected chi connectivity index (χ1v) is 9.51. The molecule has 0 aromatic heterocycles. The molecule has 2 rings (SSSR count). The minimum atomic E-state index is -0.779. The van der Waals surface area contributed by atoms with E-state index < -0.39 is 24.2 Å². The van der Waals surface area contributed by atoms with E-state index >= 15 is 0 Å². The summed E-state index contributed by atoms with van der Waals surface area (Å²) in [6, 6.07) is 5.42.